The molecule has 1 aliphatic heterocycles. The molecule has 4 unspecified atom stereocenters. The SMILES string of the molecule is CC(CCC(C)CC(C)C(C)C)CC1CCc2cc(OCCC(=O)O)ccc2O1. The van der Waals surface area contributed by atoms with E-state index in [9.17, 15) is 4.79 Å². The Morgan fingerprint density at radius 1 is 1.17 bits per heavy atom. The van der Waals surface area contributed by atoms with E-state index in [2.05, 4.69) is 34.6 Å². The molecule has 0 bridgehead atoms. The third kappa shape index (κ3) is 8.28. The maximum absolute atomic E-state index is 10.6. The van der Waals surface area contributed by atoms with Crippen molar-refractivity contribution < 1.29 is 19.4 Å². The zero-order valence-electron chi connectivity index (χ0n) is 18.9. The van der Waals surface area contributed by atoms with Crippen LogP contribution in [0.25, 0.3) is 0 Å². The molecule has 1 aromatic carbocycles. The lowest BCUT2D eigenvalue weighted by Crippen LogP contribution is -2.25. The molecule has 1 aliphatic rings. The summed E-state index contributed by atoms with van der Waals surface area (Å²) in [6.45, 7) is 12.0. The molecule has 0 spiro atoms. The van der Waals surface area contributed by atoms with Crippen LogP contribution >= 0.6 is 0 Å². The van der Waals surface area contributed by atoms with E-state index in [0.29, 0.717) is 12.0 Å². The van der Waals surface area contributed by atoms with E-state index in [1.807, 2.05) is 18.2 Å². The molecule has 0 saturated heterocycles. The van der Waals surface area contributed by atoms with Gasteiger partial charge in [-0.05, 0) is 73.1 Å². The maximum Gasteiger partial charge on any atom is 0.306 e. The second-order valence-electron chi connectivity index (χ2n) is 9.52. The molecule has 0 aromatic heterocycles. The lowest BCUT2D eigenvalue weighted by molar-refractivity contribution is -0.137. The van der Waals surface area contributed by atoms with Crippen molar-refractivity contribution in [1.82, 2.24) is 0 Å². The Bertz CT molecular complexity index is 640. The molecule has 2 rings (SSSR count). The zero-order chi connectivity index (χ0) is 21.4. The van der Waals surface area contributed by atoms with Gasteiger partial charge < -0.3 is 14.6 Å². The first-order valence-corrected chi connectivity index (χ1v) is 11.4. The van der Waals surface area contributed by atoms with Gasteiger partial charge in [0.1, 0.15) is 11.5 Å². The van der Waals surface area contributed by atoms with Crippen molar-refractivity contribution in [2.75, 3.05) is 6.61 Å². The Kier molecular flexibility index (Phi) is 9.32. The molecule has 29 heavy (non-hydrogen) atoms. The van der Waals surface area contributed by atoms with Crippen molar-refractivity contribution in [3.8, 4) is 11.5 Å². The molecule has 4 atom stereocenters. The molecule has 164 valence electrons. The third-order valence-corrected chi connectivity index (χ3v) is 6.38. The van der Waals surface area contributed by atoms with E-state index in [1.165, 1.54) is 19.3 Å². The highest BCUT2D eigenvalue weighted by atomic mass is 16.5. The normalized spacial score (nSPS) is 19.2. The fraction of sp³-hybridized carbons (Fsp3) is 0.720. The third-order valence-electron chi connectivity index (χ3n) is 6.38. The van der Waals surface area contributed by atoms with E-state index in [4.69, 9.17) is 14.6 Å². The summed E-state index contributed by atoms with van der Waals surface area (Å²) in [7, 11) is 0. The number of ether oxygens (including phenoxy) is 2. The van der Waals surface area contributed by atoms with Crippen LogP contribution in [0, 0.1) is 23.7 Å². The number of aliphatic carboxylic acids is 1. The number of carboxylic acid groups (broad SMARTS) is 1. The minimum Gasteiger partial charge on any atom is -0.493 e. The summed E-state index contributed by atoms with van der Waals surface area (Å²) in [5, 5.41) is 8.71. The fourth-order valence-electron chi connectivity index (χ4n) is 4.09. The highest BCUT2D eigenvalue weighted by Crippen LogP contribution is 2.33. The molecule has 1 N–H and O–H groups in total. The molecule has 4 nitrogen and oxygen atoms in total. The van der Waals surface area contributed by atoms with Crippen molar-refractivity contribution in [3.63, 3.8) is 0 Å². The molecule has 0 fully saturated rings. The Morgan fingerprint density at radius 2 is 1.90 bits per heavy atom. The Balaban J connectivity index is 1.75. The Labute approximate surface area is 177 Å². The van der Waals surface area contributed by atoms with Gasteiger partial charge in [0.05, 0.1) is 19.1 Å². The van der Waals surface area contributed by atoms with Gasteiger partial charge in [0, 0.05) is 0 Å². The minimum absolute atomic E-state index is 0.0164. The van der Waals surface area contributed by atoms with Crippen molar-refractivity contribution in [2.45, 2.75) is 85.7 Å². The number of fused-ring (bicyclic) bond motifs is 1. The Hall–Kier alpha value is -1.71. The van der Waals surface area contributed by atoms with E-state index in [0.717, 1.165) is 54.1 Å². The van der Waals surface area contributed by atoms with Gasteiger partial charge in [0.2, 0.25) is 0 Å². The van der Waals surface area contributed by atoms with Crippen LogP contribution in [-0.2, 0) is 11.2 Å². The van der Waals surface area contributed by atoms with Crippen LogP contribution in [0.1, 0.15) is 78.7 Å². The fourth-order valence-corrected chi connectivity index (χ4v) is 4.09. The van der Waals surface area contributed by atoms with Crippen LogP contribution in [0.15, 0.2) is 18.2 Å². The summed E-state index contributed by atoms with van der Waals surface area (Å²) >= 11 is 0. The van der Waals surface area contributed by atoms with Crippen molar-refractivity contribution in [1.29, 1.82) is 0 Å². The first-order chi connectivity index (χ1) is 13.7. The predicted octanol–water partition coefficient (Wildman–Crippen LogP) is 6.36. The molecule has 1 aromatic rings. The van der Waals surface area contributed by atoms with E-state index >= 15 is 0 Å². The molecule has 0 aliphatic carbocycles. The highest BCUT2D eigenvalue weighted by Gasteiger charge is 2.23. The number of rotatable bonds is 12. The first kappa shape index (κ1) is 23.6. The van der Waals surface area contributed by atoms with E-state index < -0.39 is 5.97 Å². The number of hydrogen-bond acceptors (Lipinski definition) is 3. The minimum atomic E-state index is -0.841. The molecular formula is C25H40O4. The topological polar surface area (TPSA) is 55.8 Å². The highest BCUT2D eigenvalue weighted by molar-refractivity contribution is 5.66. The van der Waals surface area contributed by atoms with Crippen LogP contribution in [0.3, 0.4) is 0 Å². The van der Waals surface area contributed by atoms with Crippen LogP contribution in [0.5, 0.6) is 11.5 Å². The van der Waals surface area contributed by atoms with Crippen molar-refractivity contribution in [2.24, 2.45) is 23.7 Å². The monoisotopic (exact) mass is 404 g/mol. The number of carbonyl (C=O) groups is 1. The van der Waals surface area contributed by atoms with Crippen molar-refractivity contribution in [3.05, 3.63) is 23.8 Å². The van der Waals surface area contributed by atoms with Gasteiger partial charge in [-0.1, -0.05) is 47.5 Å². The zero-order valence-corrected chi connectivity index (χ0v) is 18.9. The summed E-state index contributed by atoms with van der Waals surface area (Å²) in [4.78, 5) is 10.6. The summed E-state index contributed by atoms with van der Waals surface area (Å²) in [6.07, 6.45) is 7.36. The van der Waals surface area contributed by atoms with E-state index in [-0.39, 0.29) is 13.0 Å². The van der Waals surface area contributed by atoms with Crippen LogP contribution in [-0.4, -0.2) is 23.8 Å². The number of benzene rings is 1. The summed E-state index contributed by atoms with van der Waals surface area (Å²) in [5.74, 6) is 3.89. The number of aryl methyl sites for hydroxylation is 1. The lowest BCUT2D eigenvalue weighted by Gasteiger charge is -2.29. The van der Waals surface area contributed by atoms with Gasteiger partial charge in [-0.25, -0.2) is 0 Å². The smallest absolute Gasteiger partial charge is 0.306 e. The average molecular weight is 405 g/mol. The van der Waals surface area contributed by atoms with Gasteiger partial charge in [-0.2, -0.15) is 0 Å². The van der Waals surface area contributed by atoms with Gasteiger partial charge in [0.15, 0.2) is 0 Å². The molecular weight excluding hydrogens is 364 g/mol. The predicted molar refractivity (Wildman–Crippen MR) is 118 cm³/mol. The molecule has 1 heterocycles. The van der Waals surface area contributed by atoms with Crippen LogP contribution in [0.2, 0.25) is 0 Å². The molecule has 4 heteroatoms. The van der Waals surface area contributed by atoms with Gasteiger partial charge in [-0.3, -0.25) is 4.79 Å². The second-order valence-corrected chi connectivity index (χ2v) is 9.52. The summed E-state index contributed by atoms with van der Waals surface area (Å²) in [6, 6.07) is 5.84. The maximum atomic E-state index is 10.6. The Morgan fingerprint density at radius 3 is 2.59 bits per heavy atom. The standard InChI is InChI=1S/C25H40O4/c1-17(2)20(5)14-18(3)6-7-19(4)15-23-9-8-21-16-22(10-11-24(21)29-23)28-13-12-25(26)27/h10-11,16-20,23H,6-9,12-15H2,1-5H3,(H,26,27). The largest absolute Gasteiger partial charge is 0.493 e. The molecule has 0 radical (unpaired) electrons. The summed E-state index contributed by atoms with van der Waals surface area (Å²) < 4.78 is 11.8. The van der Waals surface area contributed by atoms with Gasteiger partial charge in [0.25, 0.3) is 0 Å². The second kappa shape index (κ2) is 11.5. The quantitative estimate of drug-likeness (QED) is 0.440. The van der Waals surface area contributed by atoms with Gasteiger partial charge >= 0.3 is 5.97 Å². The number of hydrogen-bond donors (Lipinski definition) is 1. The average Bonchev–Trinajstić information content (AvgIpc) is 2.66. The van der Waals surface area contributed by atoms with Crippen molar-refractivity contribution >= 4 is 5.97 Å². The summed E-state index contributed by atoms with van der Waals surface area (Å²) in [5.41, 5.74) is 1.16. The number of carboxylic acids is 1. The van der Waals surface area contributed by atoms with Gasteiger partial charge in [-0.15, -0.1) is 0 Å². The lowest BCUT2D eigenvalue weighted by atomic mass is 9.84. The van der Waals surface area contributed by atoms with Crippen LogP contribution < -0.4 is 9.47 Å². The van der Waals surface area contributed by atoms with E-state index in [1.54, 1.807) is 0 Å². The molecule has 0 amide bonds. The first-order valence-electron chi connectivity index (χ1n) is 11.4. The molecule has 0 saturated carbocycles. The van der Waals surface area contributed by atoms with Crippen LogP contribution in [0.4, 0.5) is 0 Å².